The summed E-state index contributed by atoms with van der Waals surface area (Å²) in [5.41, 5.74) is 0.718. The molecule has 3 rings (SSSR count). The third-order valence-electron chi connectivity index (χ3n) is 5.30. The van der Waals surface area contributed by atoms with Gasteiger partial charge in [0.25, 0.3) is 5.91 Å². The summed E-state index contributed by atoms with van der Waals surface area (Å²) >= 11 is 6.33. The zero-order chi connectivity index (χ0) is 25.6. The third-order valence-corrected chi connectivity index (χ3v) is 5.61. The van der Waals surface area contributed by atoms with Gasteiger partial charge in [0.1, 0.15) is 11.8 Å². The predicted molar refractivity (Wildman–Crippen MR) is 122 cm³/mol. The number of carbonyl (C=O) groups is 3. The summed E-state index contributed by atoms with van der Waals surface area (Å²) < 4.78 is 47.2. The van der Waals surface area contributed by atoms with Crippen LogP contribution in [0.2, 0.25) is 5.02 Å². The minimum Gasteiger partial charge on any atom is -0.439 e. The SMILES string of the molecule is CNC(=O)OCC(=O)N1CCCCC1C(=O)Nc1ccc(-c2ccccc2OC(F)(F)F)c(Cl)c1. The predicted octanol–water partition coefficient (Wildman–Crippen LogP) is 4.58. The smallest absolute Gasteiger partial charge is 0.439 e. The maximum Gasteiger partial charge on any atom is 0.573 e. The number of ether oxygens (including phenoxy) is 2. The summed E-state index contributed by atoms with van der Waals surface area (Å²) in [4.78, 5) is 38.1. The molecule has 2 N–H and O–H groups in total. The van der Waals surface area contributed by atoms with E-state index in [1.807, 2.05) is 0 Å². The lowest BCUT2D eigenvalue weighted by atomic mass is 10.0. The molecule has 2 aromatic rings. The molecule has 0 saturated carbocycles. The van der Waals surface area contributed by atoms with E-state index in [0.29, 0.717) is 25.1 Å². The highest BCUT2D eigenvalue weighted by Crippen LogP contribution is 2.38. The molecule has 1 aliphatic rings. The molecule has 1 aliphatic heterocycles. The number of anilines is 1. The van der Waals surface area contributed by atoms with Gasteiger partial charge in [0, 0.05) is 30.4 Å². The van der Waals surface area contributed by atoms with Gasteiger partial charge in [-0.25, -0.2) is 4.79 Å². The molecule has 2 aromatic carbocycles. The van der Waals surface area contributed by atoms with Crippen molar-refractivity contribution >= 4 is 35.2 Å². The molecule has 188 valence electrons. The quantitative estimate of drug-likeness (QED) is 0.589. The molecule has 1 unspecified atom stereocenters. The van der Waals surface area contributed by atoms with Gasteiger partial charge in [-0.3, -0.25) is 9.59 Å². The first kappa shape index (κ1) is 26.1. The van der Waals surface area contributed by atoms with Gasteiger partial charge in [-0.05, 0) is 37.5 Å². The van der Waals surface area contributed by atoms with Crippen LogP contribution in [-0.2, 0) is 14.3 Å². The molecule has 8 nitrogen and oxygen atoms in total. The second-order valence-corrected chi connectivity index (χ2v) is 8.06. The average Bonchev–Trinajstić information content (AvgIpc) is 2.82. The molecule has 0 spiro atoms. The van der Waals surface area contributed by atoms with E-state index in [0.717, 1.165) is 6.42 Å². The molecule has 1 heterocycles. The Hall–Kier alpha value is -3.47. The first-order chi connectivity index (χ1) is 16.6. The fraction of sp³-hybridized carbons (Fsp3) is 0.348. The molecule has 0 aliphatic carbocycles. The minimum absolute atomic E-state index is 0.0941. The number of nitrogens with zero attached hydrogens (tertiary/aromatic N) is 1. The van der Waals surface area contributed by atoms with Crippen LogP contribution in [0.25, 0.3) is 11.1 Å². The van der Waals surface area contributed by atoms with Crippen LogP contribution < -0.4 is 15.4 Å². The van der Waals surface area contributed by atoms with E-state index in [1.165, 1.54) is 48.3 Å². The van der Waals surface area contributed by atoms with Gasteiger partial charge in [0.15, 0.2) is 6.61 Å². The van der Waals surface area contributed by atoms with Crippen molar-refractivity contribution in [1.29, 1.82) is 0 Å². The van der Waals surface area contributed by atoms with Gasteiger partial charge in [-0.2, -0.15) is 0 Å². The normalized spacial score (nSPS) is 15.8. The summed E-state index contributed by atoms with van der Waals surface area (Å²) in [5, 5.41) is 5.03. The highest BCUT2D eigenvalue weighted by Gasteiger charge is 2.33. The molecule has 35 heavy (non-hydrogen) atoms. The van der Waals surface area contributed by atoms with Crippen LogP contribution >= 0.6 is 11.6 Å². The Kier molecular flexibility index (Phi) is 8.44. The van der Waals surface area contributed by atoms with E-state index >= 15 is 0 Å². The largest absolute Gasteiger partial charge is 0.573 e. The summed E-state index contributed by atoms with van der Waals surface area (Å²) in [5.74, 6) is -1.36. The number of alkyl carbamates (subject to hydrolysis) is 1. The number of carbonyl (C=O) groups excluding carboxylic acids is 3. The van der Waals surface area contributed by atoms with Crippen molar-refractivity contribution in [2.24, 2.45) is 0 Å². The Labute approximate surface area is 204 Å². The van der Waals surface area contributed by atoms with Crippen molar-refractivity contribution < 1.29 is 37.0 Å². The van der Waals surface area contributed by atoms with Crippen molar-refractivity contribution in [2.45, 2.75) is 31.7 Å². The number of piperidine rings is 1. The van der Waals surface area contributed by atoms with Gasteiger partial charge in [-0.1, -0.05) is 35.9 Å². The minimum atomic E-state index is -4.87. The fourth-order valence-corrected chi connectivity index (χ4v) is 4.01. The number of rotatable bonds is 6. The number of amides is 3. The summed E-state index contributed by atoms with van der Waals surface area (Å²) in [6.07, 6.45) is -3.77. The maximum atomic E-state index is 12.9. The first-order valence-electron chi connectivity index (χ1n) is 10.7. The Morgan fingerprint density at radius 2 is 1.86 bits per heavy atom. The van der Waals surface area contributed by atoms with Crippen molar-refractivity contribution in [1.82, 2.24) is 10.2 Å². The Bertz CT molecular complexity index is 1100. The molecular formula is C23H23ClF3N3O5. The van der Waals surface area contributed by atoms with Gasteiger partial charge in [0.05, 0.1) is 5.02 Å². The Balaban J connectivity index is 1.74. The molecule has 3 amide bonds. The van der Waals surface area contributed by atoms with Crippen LogP contribution in [0.4, 0.5) is 23.7 Å². The molecule has 1 saturated heterocycles. The lowest BCUT2D eigenvalue weighted by Gasteiger charge is -2.34. The Morgan fingerprint density at radius 3 is 2.54 bits per heavy atom. The second kappa shape index (κ2) is 11.3. The van der Waals surface area contributed by atoms with Crippen molar-refractivity contribution in [3.8, 4) is 16.9 Å². The van der Waals surface area contributed by atoms with Gasteiger partial charge in [0.2, 0.25) is 5.91 Å². The van der Waals surface area contributed by atoms with Crippen LogP contribution in [0, 0.1) is 0 Å². The highest BCUT2D eigenvalue weighted by atomic mass is 35.5. The van der Waals surface area contributed by atoms with Crippen LogP contribution in [0.3, 0.4) is 0 Å². The molecule has 12 heteroatoms. The van der Waals surface area contributed by atoms with E-state index in [4.69, 9.17) is 16.3 Å². The topological polar surface area (TPSA) is 97.0 Å². The van der Waals surface area contributed by atoms with Crippen LogP contribution in [-0.4, -0.2) is 55.4 Å². The van der Waals surface area contributed by atoms with E-state index in [1.54, 1.807) is 6.07 Å². The molecular weight excluding hydrogens is 491 g/mol. The number of benzene rings is 2. The highest BCUT2D eigenvalue weighted by molar-refractivity contribution is 6.33. The van der Waals surface area contributed by atoms with E-state index in [2.05, 4.69) is 15.4 Å². The molecule has 1 atom stereocenters. The summed E-state index contributed by atoms with van der Waals surface area (Å²) in [7, 11) is 1.36. The van der Waals surface area contributed by atoms with E-state index < -0.39 is 42.7 Å². The van der Waals surface area contributed by atoms with Crippen molar-refractivity contribution in [3.63, 3.8) is 0 Å². The van der Waals surface area contributed by atoms with Gasteiger partial charge in [-0.15, -0.1) is 13.2 Å². The van der Waals surface area contributed by atoms with Crippen molar-refractivity contribution in [3.05, 3.63) is 47.5 Å². The molecule has 0 radical (unpaired) electrons. The lowest BCUT2D eigenvalue weighted by molar-refractivity contribution is -0.274. The summed E-state index contributed by atoms with van der Waals surface area (Å²) in [6.45, 7) is -0.160. The number of hydrogen-bond donors (Lipinski definition) is 2. The number of halogens is 4. The number of para-hydroxylation sites is 1. The standard InChI is InChI=1S/C23H23ClF3N3O5/c1-28-22(33)34-13-20(31)30-11-5-4-7-18(30)21(32)29-14-9-10-15(17(24)12-14)16-6-2-3-8-19(16)35-23(25,26)27/h2-3,6,8-10,12,18H,4-5,7,11,13H2,1H3,(H,28,33)(H,29,32). The molecule has 0 aromatic heterocycles. The Morgan fingerprint density at radius 1 is 1.11 bits per heavy atom. The number of alkyl halides is 3. The molecule has 0 bridgehead atoms. The maximum absolute atomic E-state index is 12.9. The average molecular weight is 514 g/mol. The number of likely N-dealkylation sites (tertiary alicyclic amines) is 1. The van der Waals surface area contributed by atoms with Gasteiger partial charge < -0.3 is 25.0 Å². The van der Waals surface area contributed by atoms with Gasteiger partial charge >= 0.3 is 12.5 Å². The number of nitrogens with one attached hydrogen (secondary N) is 2. The van der Waals surface area contributed by atoms with Crippen LogP contribution in [0.5, 0.6) is 5.75 Å². The summed E-state index contributed by atoms with van der Waals surface area (Å²) in [6, 6.07) is 9.17. The van der Waals surface area contributed by atoms with Crippen LogP contribution in [0.1, 0.15) is 19.3 Å². The van der Waals surface area contributed by atoms with Crippen LogP contribution in [0.15, 0.2) is 42.5 Å². The molecule has 1 fully saturated rings. The van der Waals surface area contributed by atoms with E-state index in [9.17, 15) is 27.6 Å². The third kappa shape index (κ3) is 7.01. The first-order valence-corrected chi connectivity index (χ1v) is 11.1. The zero-order valence-corrected chi connectivity index (χ0v) is 19.4. The van der Waals surface area contributed by atoms with Crippen molar-refractivity contribution in [2.75, 3.05) is 25.5 Å². The van der Waals surface area contributed by atoms with E-state index in [-0.39, 0.29) is 16.1 Å². The second-order valence-electron chi connectivity index (χ2n) is 7.65. The monoisotopic (exact) mass is 513 g/mol. The fourth-order valence-electron chi connectivity index (χ4n) is 3.72. The zero-order valence-electron chi connectivity index (χ0n) is 18.7. The number of hydrogen-bond acceptors (Lipinski definition) is 5. The lowest BCUT2D eigenvalue weighted by Crippen LogP contribution is -2.51.